The topological polar surface area (TPSA) is 87.2 Å². The van der Waals surface area contributed by atoms with E-state index in [2.05, 4.69) is 6.92 Å². The second kappa shape index (κ2) is 9.36. The average molecular weight is 449 g/mol. The molecule has 0 bridgehead atoms. The molecule has 4 aliphatic heterocycles. The van der Waals surface area contributed by atoms with Gasteiger partial charge in [-0.25, -0.2) is 0 Å². The van der Waals surface area contributed by atoms with Crippen LogP contribution in [0.5, 0.6) is 0 Å². The van der Waals surface area contributed by atoms with Gasteiger partial charge in [-0.2, -0.15) is 0 Å². The molecule has 1 N–H and O–H groups in total. The van der Waals surface area contributed by atoms with Crippen molar-refractivity contribution in [2.75, 3.05) is 32.8 Å². The zero-order valence-electron chi connectivity index (χ0n) is 18.1. The highest BCUT2D eigenvalue weighted by Gasteiger charge is 2.70. The van der Waals surface area contributed by atoms with Crippen LogP contribution in [0.15, 0.2) is 24.3 Å². The number of amides is 2. The molecular weight excluding hydrogens is 416 g/mol. The van der Waals surface area contributed by atoms with Crippen molar-refractivity contribution in [1.82, 2.24) is 9.80 Å². The highest BCUT2D eigenvalue weighted by molar-refractivity contribution is 8.02. The van der Waals surface area contributed by atoms with Crippen LogP contribution in [-0.2, 0) is 19.1 Å². The normalized spacial score (nSPS) is 34.3. The van der Waals surface area contributed by atoms with Crippen LogP contribution in [0.1, 0.15) is 39.0 Å². The molecule has 0 aromatic rings. The van der Waals surface area contributed by atoms with E-state index in [0.717, 1.165) is 25.7 Å². The number of aliphatic hydroxyl groups excluding tert-OH is 1. The molecule has 4 rings (SSSR count). The molecule has 0 radical (unpaired) electrons. The summed E-state index contributed by atoms with van der Waals surface area (Å²) in [6, 6.07) is -0.604. The number of cyclic esters (lactones) is 1. The van der Waals surface area contributed by atoms with Gasteiger partial charge in [0.15, 0.2) is 0 Å². The molecule has 0 aliphatic carbocycles. The molecule has 1 spiro atoms. The Morgan fingerprint density at radius 1 is 1.13 bits per heavy atom. The van der Waals surface area contributed by atoms with Crippen molar-refractivity contribution in [2.45, 2.75) is 55.1 Å². The van der Waals surface area contributed by atoms with Gasteiger partial charge in [-0.3, -0.25) is 14.4 Å². The fraction of sp³-hybridized carbons (Fsp3) is 0.696. The SMILES string of the molecule is CCCCN1CC=C[C@]23S[C@H]4C=CCOC(=O)[C@H]4[C@H]2C(=O)N(CCCCCO)C3C1=O. The summed E-state index contributed by atoms with van der Waals surface area (Å²) in [5.41, 5.74) is 0. The Morgan fingerprint density at radius 3 is 2.74 bits per heavy atom. The quantitative estimate of drug-likeness (QED) is 0.346. The van der Waals surface area contributed by atoms with Gasteiger partial charge < -0.3 is 19.6 Å². The summed E-state index contributed by atoms with van der Waals surface area (Å²) >= 11 is 1.58. The minimum atomic E-state index is -0.748. The molecule has 2 amide bonds. The first-order valence-electron chi connectivity index (χ1n) is 11.4. The van der Waals surface area contributed by atoms with Gasteiger partial charge in [-0.05, 0) is 25.7 Å². The third-order valence-corrected chi connectivity index (χ3v) is 8.58. The summed E-state index contributed by atoms with van der Waals surface area (Å²) in [5.74, 6) is -1.63. The van der Waals surface area contributed by atoms with Crippen molar-refractivity contribution < 1.29 is 24.2 Å². The Morgan fingerprint density at radius 2 is 1.97 bits per heavy atom. The lowest BCUT2D eigenvalue weighted by molar-refractivity contribution is -0.151. The van der Waals surface area contributed by atoms with Gasteiger partial charge in [0.25, 0.3) is 0 Å². The molecule has 31 heavy (non-hydrogen) atoms. The Bertz CT molecular complexity index is 784. The van der Waals surface area contributed by atoms with Crippen molar-refractivity contribution in [3.63, 3.8) is 0 Å². The molecule has 8 heteroatoms. The molecule has 0 aromatic carbocycles. The fourth-order valence-electron chi connectivity index (χ4n) is 5.38. The predicted octanol–water partition coefficient (Wildman–Crippen LogP) is 1.76. The van der Waals surface area contributed by atoms with E-state index in [1.807, 2.05) is 29.2 Å². The van der Waals surface area contributed by atoms with E-state index in [-0.39, 0.29) is 36.2 Å². The number of esters is 1. The van der Waals surface area contributed by atoms with E-state index < -0.39 is 22.6 Å². The van der Waals surface area contributed by atoms with Crippen LogP contribution >= 0.6 is 11.8 Å². The lowest BCUT2D eigenvalue weighted by Crippen LogP contribution is -2.53. The van der Waals surface area contributed by atoms with Gasteiger partial charge >= 0.3 is 5.97 Å². The molecule has 4 heterocycles. The summed E-state index contributed by atoms with van der Waals surface area (Å²) in [4.78, 5) is 43.9. The summed E-state index contributed by atoms with van der Waals surface area (Å²) in [6.45, 7) is 4.12. The fourth-order valence-corrected chi connectivity index (χ4v) is 7.38. The van der Waals surface area contributed by atoms with Crippen molar-refractivity contribution >= 4 is 29.5 Å². The lowest BCUT2D eigenvalue weighted by atomic mass is 9.78. The number of aliphatic hydroxyl groups is 1. The van der Waals surface area contributed by atoms with E-state index in [0.29, 0.717) is 26.1 Å². The van der Waals surface area contributed by atoms with E-state index in [9.17, 15) is 14.4 Å². The van der Waals surface area contributed by atoms with Crippen LogP contribution in [0.4, 0.5) is 0 Å². The van der Waals surface area contributed by atoms with Crippen LogP contribution in [0.25, 0.3) is 0 Å². The van der Waals surface area contributed by atoms with E-state index in [1.165, 1.54) is 0 Å². The number of ether oxygens (including phenoxy) is 1. The highest BCUT2D eigenvalue weighted by Crippen LogP contribution is 2.60. The van der Waals surface area contributed by atoms with Crippen LogP contribution in [-0.4, -0.2) is 81.6 Å². The molecule has 2 saturated heterocycles. The number of hydrogen-bond acceptors (Lipinski definition) is 6. The molecule has 1 unspecified atom stereocenters. The number of thioether (sulfide) groups is 1. The smallest absolute Gasteiger partial charge is 0.311 e. The van der Waals surface area contributed by atoms with Gasteiger partial charge in [0.05, 0.1) is 16.6 Å². The molecule has 170 valence electrons. The number of unbranched alkanes of at least 4 members (excludes halogenated alkanes) is 3. The van der Waals surface area contributed by atoms with Crippen LogP contribution in [0, 0.1) is 11.8 Å². The zero-order chi connectivity index (χ0) is 22.0. The number of hydrogen-bond donors (Lipinski definition) is 1. The third kappa shape index (κ3) is 3.82. The summed E-state index contributed by atoms with van der Waals surface area (Å²) in [7, 11) is 0. The maximum atomic E-state index is 13.8. The van der Waals surface area contributed by atoms with E-state index >= 15 is 0 Å². The Labute approximate surface area is 187 Å². The Hall–Kier alpha value is -1.80. The van der Waals surface area contributed by atoms with E-state index in [4.69, 9.17) is 9.84 Å². The third-order valence-electron chi connectivity index (χ3n) is 6.84. The van der Waals surface area contributed by atoms with Crippen LogP contribution in [0.2, 0.25) is 0 Å². The average Bonchev–Trinajstić information content (AvgIpc) is 3.05. The van der Waals surface area contributed by atoms with Gasteiger partial charge in [-0.1, -0.05) is 37.6 Å². The van der Waals surface area contributed by atoms with Crippen LogP contribution < -0.4 is 0 Å². The number of nitrogens with zero attached hydrogens (tertiary/aromatic N) is 2. The monoisotopic (exact) mass is 448 g/mol. The van der Waals surface area contributed by atoms with Gasteiger partial charge in [0.2, 0.25) is 11.8 Å². The van der Waals surface area contributed by atoms with Gasteiger partial charge in [0, 0.05) is 31.5 Å². The van der Waals surface area contributed by atoms with Gasteiger partial charge in [-0.15, -0.1) is 11.8 Å². The lowest BCUT2D eigenvalue weighted by Gasteiger charge is -2.35. The largest absolute Gasteiger partial charge is 0.461 e. The molecule has 0 saturated carbocycles. The Balaban J connectivity index is 1.71. The predicted molar refractivity (Wildman–Crippen MR) is 118 cm³/mol. The minimum absolute atomic E-state index is 0.0160. The van der Waals surface area contributed by atoms with E-state index in [1.54, 1.807) is 16.7 Å². The first-order chi connectivity index (χ1) is 15.0. The second-order valence-electron chi connectivity index (χ2n) is 8.76. The molecular formula is C23H32N2O5S. The first kappa shape index (κ1) is 22.4. The number of carbonyl (C=O) groups excluding carboxylic acids is 3. The van der Waals surface area contributed by atoms with Crippen molar-refractivity contribution in [3.8, 4) is 0 Å². The zero-order valence-corrected chi connectivity index (χ0v) is 18.9. The molecule has 4 aliphatic rings. The molecule has 7 nitrogen and oxygen atoms in total. The first-order valence-corrected chi connectivity index (χ1v) is 12.3. The van der Waals surface area contributed by atoms with Crippen molar-refractivity contribution in [2.24, 2.45) is 11.8 Å². The molecule has 0 aromatic heterocycles. The number of fused-ring (bicyclic) bond motifs is 2. The minimum Gasteiger partial charge on any atom is -0.461 e. The summed E-state index contributed by atoms with van der Waals surface area (Å²) < 4.78 is 4.63. The Kier molecular flexibility index (Phi) is 6.77. The maximum absolute atomic E-state index is 13.8. The number of carbonyl (C=O) groups is 3. The number of likely N-dealkylation sites (tertiary alicyclic amines) is 1. The van der Waals surface area contributed by atoms with Crippen molar-refractivity contribution in [1.29, 1.82) is 0 Å². The van der Waals surface area contributed by atoms with Gasteiger partial charge in [0.1, 0.15) is 12.6 Å². The summed E-state index contributed by atoms with van der Waals surface area (Å²) in [5, 5.41) is 8.93. The molecule has 5 atom stereocenters. The summed E-state index contributed by atoms with van der Waals surface area (Å²) in [6.07, 6.45) is 12.0. The van der Waals surface area contributed by atoms with Crippen molar-refractivity contribution in [3.05, 3.63) is 24.3 Å². The standard InChI is InChI=1S/C23H32N2O5S/c1-2-3-11-24-12-8-10-23-18(17-16(31-23)9-7-15-30-22(17)29)20(27)25(19(23)21(24)28)13-5-4-6-14-26/h7-10,16-19,26H,2-6,11-15H2,1H3/t16-,17+,18-,19?,23-/m0/s1. The number of rotatable bonds is 8. The molecule has 2 fully saturated rings. The highest BCUT2D eigenvalue weighted by atomic mass is 32.2. The maximum Gasteiger partial charge on any atom is 0.311 e. The van der Waals surface area contributed by atoms with Crippen LogP contribution in [0.3, 0.4) is 0 Å². The second-order valence-corrected chi connectivity index (χ2v) is 10.2.